The number of hydrazine groups is 1. The summed E-state index contributed by atoms with van der Waals surface area (Å²) in [5, 5.41) is 4.47. The molecule has 2 atom stereocenters. The van der Waals surface area contributed by atoms with Crippen LogP contribution >= 0.6 is 11.8 Å². The van der Waals surface area contributed by atoms with Crippen LogP contribution in [-0.2, 0) is 14.5 Å². The van der Waals surface area contributed by atoms with Crippen LogP contribution in [0, 0.1) is 0 Å². The van der Waals surface area contributed by atoms with Gasteiger partial charge in [-0.25, -0.2) is 14.2 Å². The minimum absolute atomic E-state index is 0.0676. The third-order valence-corrected chi connectivity index (χ3v) is 9.11. The summed E-state index contributed by atoms with van der Waals surface area (Å²) < 4.78 is 20.8. The fraction of sp³-hybridized carbons (Fsp3) is 0.304. The van der Waals surface area contributed by atoms with Crippen LogP contribution in [0.5, 0.6) is 5.75 Å². The lowest BCUT2D eigenvalue weighted by molar-refractivity contribution is -0.121. The predicted molar refractivity (Wildman–Crippen MR) is 138 cm³/mol. The minimum Gasteiger partial charge on any atom is -0.497 e. The van der Waals surface area contributed by atoms with E-state index in [1.165, 1.54) is 0 Å². The molecule has 9 nitrogen and oxygen atoms in total. The number of nitrogens with zero attached hydrogens (tertiary/aromatic N) is 4. The first-order valence-electron chi connectivity index (χ1n) is 10.8. The number of anilines is 1. The van der Waals surface area contributed by atoms with E-state index >= 15 is 0 Å². The zero-order valence-corrected chi connectivity index (χ0v) is 20.6. The monoisotopic (exact) mass is 498 g/mol. The first-order valence-corrected chi connectivity index (χ1v) is 13.4. The highest BCUT2D eigenvalue weighted by molar-refractivity contribution is 8.15. The number of thioether (sulfide) groups is 1. The van der Waals surface area contributed by atoms with E-state index in [1.54, 1.807) is 54.6 Å². The van der Waals surface area contributed by atoms with Crippen LogP contribution in [0.4, 0.5) is 5.69 Å². The molecule has 0 saturated carbocycles. The Labute approximate surface area is 202 Å². The zero-order valence-electron chi connectivity index (χ0n) is 19.0. The number of aromatic nitrogens is 2. The third-order valence-electron chi connectivity index (χ3n) is 5.93. The quantitative estimate of drug-likeness (QED) is 0.485. The van der Waals surface area contributed by atoms with Gasteiger partial charge in [0.2, 0.25) is 5.91 Å². The van der Waals surface area contributed by atoms with Crippen molar-refractivity contribution in [2.45, 2.75) is 16.7 Å². The minimum atomic E-state index is -2.87. The molecule has 4 heterocycles. The first kappa shape index (κ1) is 22.8. The molecule has 178 valence electrons. The van der Waals surface area contributed by atoms with E-state index in [0.717, 1.165) is 34.7 Å². The van der Waals surface area contributed by atoms with Crippen molar-refractivity contribution >= 4 is 54.9 Å². The summed E-state index contributed by atoms with van der Waals surface area (Å²) in [6.45, 7) is 2.16. The predicted octanol–water partition coefficient (Wildman–Crippen LogP) is 2.30. The smallest absolute Gasteiger partial charge is 0.235 e. The molecule has 0 bridgehead atoms. The Balaban J connectivity index is 1.44. The van der Waals surface area contributed by atoms with E-state index in [0.29, 0.717) is 29.4 Å². The number of H-pyrrole nitrogens is 1. The number of fused-ring (bicyclic) bond motifs is 1. The SMILES string of the molecule is C=S(=O)(c1ccccn1)N(C)c1cc(OC)cc2cc(C3=NCC(CN4CCC(=O)N4)S3)[nH]c12. The van der Waals surface area contributed by atoms with Crippen molar-refractivity contribution in [2.24, 2.45) is 4.99 Å². The number of nitrogens with one attached hydrogen (secondary N) is 2. The fourth-order valence-corrected chi connectivity index (χ4v) is 6.45. The summed E-state index contributed by atoms with van der Waals surface area (Å²) in [5.41, 5.74) is 5.30. The van der Waals surface area contributed by atoms with Crippen molar-refractivity contribution in [1.82, 2.24) is 20.4 Å². The van der Waals surface area contributed by atoms with E-state index in [1.807, 2.05) is 23.2 Å². The van der Waals surface area contributed by atoms with Crippen LogP contribution in [0.15, 0.2) is 52.6 Å². The number of ether oxygens (including phenoxy) is 1. The highest BCUT2D eigenvalue weighted by Crippen LogP contribution is 2.36. The van der Waals surface area contributed by atoms with Crippen LogP contribution in [0.3, 0.4) is 0 Å². The maximum absolute atomic E-state index is 13.7. The van der Waals surface area contributed by atoms with E-state index in [-0.39, 0.29) is 11.2 Å². The lowest BCUT2D eigenvalue weighted by Crippen LogP contribution is -2.38. The van der Waals surface area contributed by atoms with Gasteiger partial charge in [-0.05, 0) is 30.1 Å². The van der Waals surface area contributed by atoms with Crippen LogP contribution in [0.2, 0.25) is 0 Å². The van der Waals surface area contributed by atoms with E-state index < -0.39 is 9.71 Å². The van der Waals surface area contributed by atoms with Crippen molar-refractivity contribution in [3.05, 3.63) is 48.3 Å². The Kier molecular flexibility index (Phi) is 6.00. The molecule has 11 heteroatoms. The molecular formula is C23H26N6O3S2. The van der Waals surface area contributed by atoms with Crippen molar-refractivity contribution in [2.75, 3.05) is 38.1 Å². The standard InChI is InChI=1S/C23H26N6O3S2/c1-28(34(3,31)21-6-4-5-8-24-21)19-12-16(32-2)10-15-11-18(26-22(15)19)23-25-13-17(33-23)14-29-9-7-20(30)27-29/h4-6,8,10-12,17,26H,3,7,9,13-14H2,1-2H3,(H,27,30). The average molecular weight is 499 g/mol. The number of rotatable bonds is 7. The molecule has 2 aliphatic rings. The highest BCUT2D eigenvalue weighted by atomic mass is 32.2. The van der Waals surface area contributed by atoms with Crippen LogP contribution in [0.25, 0.3) is 10.9 Å². The molecule has 1 amide bonds. The van der Waals surface area contributed by atoms with E-state index in [2.05, 4.69) is 21.3 Å². The molecule has 2 N–H and O–H groups in total. The summed E-state index contributed by atoms with van der Waals surface area (Å²) in [4.78, 5) is 24.0. The van der Waals surface area contributed by atoms with Crippen molar-refractivity contribution in [1.29, 1.82) is 0 Å². The molecule has 5 rings (SSSR count). The van der Waals surface area contributed by atoms with Gasteiger partial charge in [0.05, 0.1) is 40.3 Å². The normalized spacial score (nSPS) is 20.2. The topological polar surface area (TPSA) is 103 Å². The van der Waals surface area contributed by atoms with Gasteiger partial charge < -0.3 is 9.72 Å². The second-order valence-corrected chi connectivity index (χ2v) is 11.8. The lowest BCUT2D eigenvalue weighted by atomic mass is 10.2. The van der Waals surface area contributed by atoms with E-state index in [9.17, 15) is 9.00 Å². The highest BCUT2D eigenvalue weighted by Gasteiger charge is 2.28. The summed E-state index contributed by atoms with van der Waals surface area (Å²) >= 11 is 1.70. The molecule has 2 aliphatic heterocycles. The molecule has 3 aromatic rings. The maximum Gasteiger partial charge on any atom is 0.235 e. The van der Waals surface area contributed by atoms with Gasteiger partial charge >= 0.3 is 0 Å². The van der Waals surface area contributed by atoms with Crippen molar-refractivity contribution in [3.63, 3.8) is 0 Å². The number of hydrogen-bond acceptors (Lipinski definition) is 7. The van der Waals surface area contributed by atoms with Gasteiger partial charge in [-0.1, -0.05) is 17.8 Å². The van der Waals surface area contributed by atoms with Crippen LogP contribution in [0.1, 0.15) is 12.1 Å². The van der Waals surface area contributed by atoms with Crippen LogP contribution in [-0.4, -0.2) is 75.0 Å². The number of carbonyl (C=O) groups excluding carboxylic acids is 1. The first-order chi connectivity index (χ1) is 16.3. The Morgan fingerprint density at radius 1 is 1.35 bits per heavy atom. The number of pyridine rings is 1. The molecule has 1 aromatic carbocycles. The number of benzene rings is 1. The summed E-state index contributed by atoms with van der Waals surface area (Å²) in [6.07, 6.45) is 2.15. The Hall–Kier alpha value is -3.02. The number of carbonyl (C=O) groups is 1. The Morgan fingerprint density at radius 3 is 2.91 bits per heavy atom. The largest absolute Gasteiger partial charge is 0.497 e. The third kappa shape index (κ3) is 4.26. The lowest BCUT2D eigenvalue weighted by Gasteiger charge is -2.24. The molecule has 1 fully saturated rings. The molecule has 1 saturated heterocycles. The van der Waals surface area contributed by atoms with Gasteiger partial charge in [0.1, 0.15) is 15.8 Å². The number of hydrogen-bond donors (Lipinski definition) is 2. The second kappa shape index (κ2) is 8.97. The summed E-state index contributed by atoms with van der Waals surface area (Å²) in [7, 11) is 0.486. The second-order valence-electron chi connectivity index (χ2n) is 8.22. The molecule has 34 heavy (non-hydrogen) atoms. The number of aliphatic imine (C=N–C) groups is 1. The van der Waals surface area contributed by atoms with E-state index in [4.69, 9.17) is 9.73 Å². The van der Waals surface area contributed by atoms with Gasteiger partial charge in [0.15, 0.2) is 0 Å². The van der Waals surface area contributed by atoms with Gasteiger partial charge in [-0.3, -0.25) is 19.5 Å². The van der Waals surface area contributed by atoms with Crippen molar-refractivity contribution < 1.29 is 13.7 Å². The molecular weight excluding hydrogens is 472 g/mol. The van der Waals surface area contributed by atoms with Gasteiger partial charge in [0.25, 0.3) is 0 Å². The Morgan fingerprint density at radius 2 is 2.21 bits per heavy atom. The van der Waals surface area contributed by atoms with Gasteiger partial charge in [-0.2, -0.15) is 0 Å². The zero-order chi connectivity index (χ0) is 23.9. The Bertz CT molecular complexity index is 1370. The number of aromatic amines is 1. The summed E-state index contributed by atoms with van der Waals surface area (Å²) in [6, 6.07) is 11.1. The van der Waals surface area contributed by atoms with Gasteiger partial charge in [0, 0.05) is 49.5 Å². The summed E-state index contributed by atoms with van der Waals surface area (Å²) in [5.74, 6) is 4.72. The van der Waals surface area contributed by atoms with Crippen molar-refractivity contribution in [3.8, 4) is 5.75 Å². The number of methoxy groups -OCH3 is 1. The average Bonchev–Trinajstić information content (AvgIpc) is 3.58. The van der Waals surface area contributed by atoms with Crippen LogP contribution < -0.4 is 14.5 Å². The number of amides is 1. The fourth-order valence-electron chi connectivity index (χ4n) is 4.08. The molecule has 0 radical (unpaired) electrons. The molecule has 0 aliphatic carbocycles. The molecule has 0 spiro atoms. The van der Waals surface area contributed by atoms with Gasteiger partial charge in [-0.15, -0.1) is 0 Å². The maximum atomic E-state index is 13.7. The molecule has 2 unspecified atom stereocenters. The molecule has 2 aromatic heterocycles.